The fourth-order valence-corrected chi connectivity index (χ4v) is 5.00. The SMILES string of the molecule is O=c1c2cnn([C@H]3CCS(=O)(=O)C3)c2ncn1Cc1ccc(C(F)(F)F)cc1. The molecule has 0 amide bonds. The monoisotopic (exact) mass is 412 g/mol. The molecule has 0 radical (unpaired) electrons. The largest absolute Gasteiger partial charge is 0.416 e. The molecule has 1 aliphatic rings. The number of benzene rings is 1. The number of nitrogens with zero attached hydrogens (tertiary/aromatic N) is 4. The van der Waals surface area contributed by atoms with Gasteiger partial charge in [-0.15, -0.1) is 0 Å². The summed E-state index contributed by atoms with van der Waals surface area (Å²) in [6.07, 6.45) is -1.36. The minimum Gasteiger partial charge on any atom is -0.294 e. The van der Waals surface area contributed by atoms with Crippen molar-refractivity contribution in [3.05, 3.63) is 58.3 Å². The van der Waals surface area contributed by atoms with Crippen LogP contribution in [0.1, 0.15) is 23.6 Å². The van der Waals surface area contributed by atoms with Gasteiger partial charge in [0.25, 0.3) is 5.56 Å². The molecule has 0 saturated carbocycles. The van der Waals surface area contributed by atoms with E-state index in [4.69, 9.17) is 0 Å². The standard InChI is InChI=1S/C17H15F3N4O3S/c18-17(19,20)12-3-1-11(2-4-12)8-23-10-21-15-14(16(23)25)7-22-24(15)13-5-6-28(26,27)9-13/h1-4,7,10,13H,5-6,8-9H2/t13-/m0/s1. The maximum Gasteiger partial charge on any atom is 0.416 e. The summed E-state index contributed by atoms with van der Waals surface area (Å²) in [4.78, 5) is 16.9. The Bertz CT molecular complexity index is 1200. The van der Waals surface area contributed by atoms with Crippen LogP contribution in [0.15, 0.2) is 41.6 Å². The van der Waals surface area contributed by atoms with E-state index in [0.29, 0.717) is 17.6 Å². The van der Waals surface area contributed by atoms with Crippen LogP contribution in [-0.4, -0.2) is 39.3 Å². The Morgan fingerprint density at radius 3 is 2.50 bits per heavy atom. The predicted molar refractivity (Wildman–Crippen MR) is 94.6 cm³/mol. The van der Waals surface area contributed by atoms with Crippen LogP contribution in [0.3, 0.4) is 0 Å². The fraction of sp³-hybridized carbons (Fsp3) is 0.353. The molecule has 3 aromatic rings. The summed E-state index contributed by atoms with van der Waals surface area (Å²) in [5, 5.41) is 4.38. The number of aromatic nitrogens is 4. The molecule has 1 aliphatic heterocycles. The van der Waals surface area contributed by atoms with Crippen molar-refractivity contribution < 1.29 is 21.6 Å². The maximum absolute atomic E-state index is 12.7. The van der Waals surface area contributed by atoms with Crippen molar-refractivity contribution in [2.45, 2.75) is 25.2 Å². The molecule has 2 aromatic heterocycles. The number of rotatable bonds is 3. The lowest BCUT2D eigenvalue weighted by atomic mass is 10.1. The average molecular weight is 412 g/mol. The van der Waals surface area contributed by atoms with Crippen LogP contribution < -0.4 is 5.56 Å². The molecule has 1 saturated heterocycles. The topological polar surface area (TPSA) is 86.8 Å². The lowest BCUT2D eigenvalue weighted by Crippen LogP contribution is -2.22. The van der Waals surface area contributed by atoms with Gasteiger partial charge >= 0.3 is 6.18 Å². The van der Waals surface area contributed by atoms with Crippen molar-refractivity contribution in [1.82, 2.24) is 19.3 Å². The van der Waals surface area contributed by atoms with Crippen LogP contribution in [0.5, 0.6) is 0 Å². The van der Waals surface area contributed by atoms with Gasteiger partial charge < -0.3 is 0 Å². The molecule has 11 heteroatoms. The first-order valence-corrected chi connectivity index (χ1v) is 10.3. The fourth-order valence-electron chi connectivity index (χ4n) is 3.31. The van der Waals surface area contributed by atoms with E-state index in [1.54, 1.807) is 0 Å². The summed E-state index contributed by atoms with van der Waals surface area (Å²) in [6.45, 7) is 0.0584. The highest BCUT2D eigenvalue weighted by molar-refractivity contribution is 7.91. The summed E-state index contributed by atoms with van der Waals surface area (Å²) in [5.74, 6) is 0.0319. The summed E-state index contributed by atoms with van der Waals surface area (Å²) < 4.78 is 64.1. The van der Waals surface area contributed by atoms with E-state index >= 15 is 0 Å². The van der Waals surface area contributed by atoms with Crippen LogP contribution in [0, 0.1) is 0 Å². The number of sulfone groups is 1. The van der Waals surface area contributed by atoms with E-state index < -0.39 is 27.1 Å². The van der Waals surface area contributed by atoms with Gasteiger partial charge in [0.2, 0.25) is 0 Å². The molecule has 0 bridgehead atoms. The number of alkyl halides is 3. The third-order valence-corrected chi connectivity index (χ3v) is 6.52. The Labute approximate surface area is 157 Å². The number of hydrogen-bond donors (Lipinski definition) is 0. The molecule has 1 fully saturated rings. The van der Waals surface area contributed by atoms with Gasteiger partial charge in [-0.05, 0) is 24.1 Å². The van der Waals surface area contributed by atoms with Crippen molar-refractivity contribution in [1.29, 1.82) is 0 Å². The highest BCUT2D eigenvalue weighted by Gasteiger charge is 2.31. The van der Waals surface area contributed by atoms with Crippen molar-refractivity contribution in [3.63, 3.8) is 0 Å². The van der Waals surface area contributed by atoms with Crippen LogP contribution in [0.25, 0.3) is 11.0 Å². The van der Waals surface area contributed by atoms with Gasteiger partial charge in [-0.3, -0.25) is 9.36 Å². The van der Waals surface area contributed by atoms with Gasteiger partial charge in [0, 0.05) is 0 Å². The minimum atomic E-state index is -4.42. The first kappa shape index (κ1) is 18.7. The minimum absolute atomic E-state index is 0.0416. The second-order valence-electron chi connectivity index (χ2n) is 6.76. The molecule has 28 heavy (non-hydrogen) atoms. The molecular weight excluding hydrogens is 397 g/mol. The average Bonchev–Trinajstić information content (AvgIpc) is 3.20. The molecule has 4 rings (SSSR count). The van der Waals surface area contributed by atoms with Crippen molar-refractivity contribution >= 4 is 20.9 Å². The first-order chi connectivity index (χ1) is 13.1. The molecule has 7 nitrogen and oxygen atoms in total. The molecule has 148 valence electrons. The van der Waals surface area contributed by atoms with Crippen molar-refractivity contribution in [2.24, 2.45) is 0 Å². The summed E-state index contributed by atoms with van der Waals surface area (Å²) in [7, 11) is -3.12. The van der Waals surface area contributed by atoms with E-state index in [1.807, 2.05) is 0 Å². The highest BCUT2D eigenvalue weighted by Crippen LogP contribution is 2.29. The Morgan fingerprint density at radius 1 is 1.18 bits per heavy atom. The van der Waals surface area contributed by atoms with Crippen LogP contribution in [0.2, 0.25) is 0 Å². The van der Waals surface area contributed by atoms with E-state index in [-0.39, 0.29) is 29.5 Å². The quantitative estimate of drug-likeness (QED) is 0.657. The molecular formula is C17H15F3N4O3S. The molecule has 0 spiro atoms. The lowest BCUT2D eigenvalue weighted by molar-refractivity contribution is -0.137. The zero-order valence-electron chi connectivity index (χ0n) is 14.4. The third kappa shape index (κ3) is 3.41. The van der Waals surface area contributed by atoms with E-state index in [9.17, 15) is 26.4 Å². The van der Waals surface area contributed by atoms with Gasteiger partial charge in [-0.1, -0.05) is 12.1 Å². The van der Waals surface area contributed by atoms with Crippen molar-refractivity contribution in [3.8, 4) is 0 Å². The Morgan fingerprint density at radius 2 is 1.89 bits per heavy atom. The first-order valence-electron chi connectivity index (χ1n) is 8.43. The molecule has 3 heterocycles. The zero-order chi connectivity index (χ0) is 20.1. The van der Waals surface area contributed by atoms with Crippen LogP contribution >= 0.6 is 0 Å². The maximum atomic E-state index is 12.7. The summed E-state index contributed by atoms with van der Waals surface area (Å²) in [5.41, 5.74) is -0.330. The molecule has 1 aromatic carbocycles. The molecule has 0 unspecified atom stereocenters. The molecule has 1 atom stereocenters. The summed E-state index contributed by atoms with van der Waals surface area (Å²) >= 11 is 0. The second-order valence-corrected chi connectivity index (χ2v) is 8.98. The number of halogens is 3. The number of fused-ring (bicyclic) bond motifs is 1. The van der Waals surface area contributed by atoms with Crippen molar-refractivity contribution in [2.75, 3.05) is 11.5 Å². The highest BCUT2D eigenvalue weighted by atomic mass is 32.2. The predicted octanol–water partition coefficient (Wildman–Crippen LogP) is 2.02. The Kier molecular flexibility index (Phi) is 4.29. The van der Waals surface area contributed by atoms with Gasteiger partial charge in [0.05, 0.1) is 35.9 Å². The van der Waals surface area contributed by atoms with E-state index in [0.717, 1.165) is 12.1 Å². The van der Waals surface area contributed by atoms with Crippen LogP contribution in [0.4, 0.5) is 13.2 Å². The van der Waals surface area contributed by atoms with E-state index in [2.05, 4.69) is 10.1 Å². The van der Waals surface area contributed by atoms with E-state index in [1.165, 1.54) is 33.9 Å². The second kappa shape index (κ2) is 6.43. The van der Waals surface area contributed by atoms with Crippen LogP contribution in [-0.2, 0) is 22.6 Å². The van der Waals surface area contributed by atoms with Gasteiger partial charge in [0.1, 0.15) is 11.7 Å². The van der Waals surface area contributed by atoms with Gasteiger partial charge in [-0.25, -0.2) is 18.1 Å². The molecule has 0 N–H and O–H groups in total. The van der Waals surface area contributed by atoms with Gasteiger partial charge in [-0.2, -0.15) is 18.3 Å². The zero-order valence-corrected chi connectivity index (χ0v) is 15.2. The lowest BCUT2D eigenvalue weighted by Gasteiger charge is -2.11. The number of hydrogen-bond acceptors (Lipinski definition) is 5. The smallest absolute Gasteiger partial charge is 0.294 e. The molecule has 0 aliphatic carbocycles. The van der Waals surface area contributed by atoms with Gasteiger partial charge in [0.15, 0.2) is 15.5 Å². The normalized spacial score (nSPS) is 19.3. The Hall–Kier alpha value is -2.69. The third-order valence-electron chi connectivity index (χ3n) is 4.77. The summed E-state index contributed by atoms with van der Waals surface area (Å²) in [6, 6.07) is 4.19. The Balaban J connectivity index is 1.63.